The number of phosphoric acid groups is 1. The first kappa shape index (κ1) is 68.2. The second-order valence-corrected chi connectivity index (χ2v) is 21.5. The maximum Gasteiger partial charge on any atom is 0.469 e. The van der Waals surface area contributed by atoms with Crippen molar-refractivity contribution in [2.45, 2.75) is 215 Å². The molecule has 0 amide bonds. The molecule has 0 aromatic carbocycles. The van der Waals surface area contributed by atoms with Gasteiger partial charge in [-0.2, -0.15) is 0 Å². The lowest BCUT2D eigenvalue weighted by atomic mass is 9.95. The minimum Gasteiger partial charge on any atom is -0.394 e. The average Bonchev–Trinajstić information content (AvgIpc) is 3.78. The number of hydrogen-bond acceptors (Lipinski definition) is 37. The number of phosphoric ester groups is 1. The van der Waals surface area contributed by atoms with Gasteiger partial charge in [0.05, 0.1) is 52.3 Å². The Hall–Kier alpha value is -1.29. The van der Waals surface area contributed by atoms with Crippen LogP contribution in [0.25, 0.3) is 0 Å². The van der Waals surface area contributed by atoms with Gasteiger partial charge in [0.15, 0.2) is 44.0 Å². The van der Waals surface area contributed by atoms with E-state index in [0.717, 1.165) is 0 Å². The van der Waals surface area contributed by atoms with Crippen LogP contribution in [0.2, 0.25) is 0 Å². The lowest BCUT2D eigenvalue weighted by Gasteiger charge is -2.50. The molecule has 25 N–H and O–H groups in total. The Labute approximate surface area is 461 Å². The van der Waals surface area contributed by atoms with Crippen molar-refractivity contribution in [3.63, 3.8) is 0 Å². The zero-order valence-electron chi connectivity index (χ0n) is 42.6. The summed E-state index contributed by atoms with van der Waals surface area (Å²) in [6.07, 6.45) is -69.6. The molecule has 7 aliphatic heterocycles. The van der Waals surface area contributed by atoms with E-state index in [9.17, 15) is 122 Å². The molecule has 7 rings (SSSR count). The van der Waals surface area contributed by atoms with E-state index < -0.39 is 269 Å². The molecule has 7 fully saturated rings. The molecule has 40 heteroatoms. The van der Waals surface area contributed by atoms with E-state index in [1.165, 1.54) is 0 Å². The third-order valence-corrected chi connectivity index (χ3v) is 15.3. The van der Waals surface area contributed by atoms with Crippen molar-refractivity contribution in [3.8, 4) is 0 Å². The lowest BCUT2D eigenvalue weighted by molar-refractivity contribution is -0.407. The van der Waals surface area contributed by atoms with Crippen LogP contribution in [0, 0.1) is 0 Å². The maximum absolute atomic E-state index is 11.8. The summed E-state index contributed by atoms with van der Waals surface area (Å²) in [5.74, 6) is 0. The fraction of sp³-hybridized carbons (Fsp3) is 1.00. The molecule has 7 aliphatic rings. The van der Waals surface area contributed by atoms with E-state index in [1.807, 2.05) is 0 Å². The zero-order valence-corrected chi connectivity index (χ0v) is 43.5. The fourth-order valence-electron chi connectivity index (χ4n) is 10.1. The highest BCUT2D eigenvalue weighted by Gasteiger charge is 2.59. The molecule has 0 radical (unpaired) electrons. The van der Waals surface area contributed by atoms with Crippen LogP contribution in [0.15, 0.2) is 0 Å². The van der Waals surface area contributed by atoms with Gasteiger partial charge in [-0.05, 0) is 0 Å². The monoisotopic (exact) mass is 1230 g/mol. The molecule has 1 unspecified atom stereocenters. The van der Waals surface area contributed by atoms with Crippen LogP contribution >= 0.6 is 7.82 Å². The van der Waals surface area contributed by atoms with Gasteiger partial charge in [-0.1, -0.05) is 0 Å². The van der Waals surface area contributed by atoms with Crippen LogP contribution in [0.1, 0.15) is 0 Å². The summed E-state index contributed by atoms with van der Waals surface area (Å²) >= 11 is 0. The Morgan fingerprint density at radius 1 is 0.378 bits per heavy atom. The van der Waals surface area contributed by atoms with E-state index in [-0.39, 0.29) is 0 Å². The minimum absolute atomic E-state index is 0.976. The van der Waals surface area contributed by atoms with Crippen molar-refractivity contribution in [2.75, 3.05) is 46.2 Å². The Kier molecular flexibility index (Phi) is 24.0. The highest BCUT2D eigenvalue weighted by atomic mass is 31.2. The van der Waals surface area contributed by atoms with Crippen LogP contribution in [0.3, 0.4) is 0 Å². The van der Waals surface area contributed by atoms with Crippen molar-refractivity contribution >= 4 is 7.82 Å². The molecule has 7 heterocycles. The van der Waals surface area contributed by atoms with Crippen LogP contribution < -0.4 is 5.73 Å². The van der Waals surface area contributed by atoms with Gasteiger partial charge >= 0.3 is 7.82 Å². The summed E-state index contributed by atoms with van der Waals surface area (Å²) < 4.78 is 90.3. The predicted octanol–water partition coefficient (Wildman–Crippen LogP) is -16.2. The summed E-state index contributed by atoms with van der Waals surface area (Å²) in [7, 11) is -5.23. The molecular formula is C42H74NO38P. The molecule has 0 aliphatic carbocycles. The van der Waals surface area contributed by atoms with Crippen LogP contribution in [0.5, 0.6) is 0 Å². The van der Waals surface area contributed by atoms with Crippen LogP contribution in [-0.4, -0.2) is 378 Å². The van der Waals surface area contributed by atoms with Gasteiger partial charge in [0, 0.05) is 0 Å². The topological polar surface area (TPSA) is 638 Å². The average molecular weight is 1230 g/mol. The van der Waals surface area contributed by atoms with E-state index in [2.05, 4.69) is 4.52 Å². The van der Waals surface area contributed by atoms with Gasteiger partial charge in [-0.25, -0.2) is 4.57 Å². The summed E-state index contributed by atoms with van der Waals surface area (Å²) in [5, 5.41) is 225. The Morgan fingerprint density at radius 2 is 0.793 bits per heavy atom. The summed E-state index contributed by atoms with van der Waals surface area (Å²) in [6.45, 7) is -7.45. The number of aliphatic hydroxyl groups is 21. The van der Waals surface area contributed by atoms with Crippen molar-refractivity contribution in [3.05, 3.63) is 0 Å². The molecule has 480 valence electrons. The summed E-state index contributed by atoms with van der Waals surface area (Å²) in [5.41, 5.74) is 5.80. The fourth-order valence-corrected chi connectivity index (χ4v) is 10.4. The third kappa shape index (κ3) is 14.7. The molecule has 0 saturated carbocycles. The minimum atomic E-state index is -5.23. The predicted molar refractivity (Wildman–Crippen MR) is 245 cm³/mol. The highest BCUT2D eigenvalue weighted by molar-refractivity contribution is 7.46. The number of hydrogen-bond donors (Lipinski definition) is 24. The molecule has 7 saturated heterocycles. The van der Waals surface area contributed by atoms with Gasteiger partial charge < -0.3 is 184 Å². The van der Waals surface area contributed by atoms with Crippen LogP contribution in [-0.2, 0) is 70.7 Å². The number of rotatable bonds is 23. The van der Waals surface area contributed by atoms with E-state index >= 15 is 0 Å². The van der Waals surface area contributed by atoms with E-state index in [0.29, 0.717) is 0 Å². The van der Waals surface area contributed by atoms with Crippen molar-refractivity contribution in [1.82, 2.24) is 0 Å². The van der Waals surface area contributed by atoms with E-state index in [4.69, 9.17) is 67.3 Å². The van der Waals surface area contributed by atoms with E-state index in [1.54, 1.807) is 0 Å². The Morgan fingerprint density at radius 3 is 1.33 bits per heavy atom. The van der Waals surface area contributed by atoms with Gasteiger partial charge in [0.25, 0.3) is 0 Å². The number of ether oxygens (including phenoxy) is 13. The molecule has 0 aromatic rings. The highest BCUT2D eigenvalue weighted by Crippen LogP contribution is 2.40. The van der Waals surface area contributed by atoms with Gasteiger partial charge in [-0.15, -0.1) is 0 Å². The second kappa shape index (κ2) is 28.9. The molecule has 82 heavy (non-hydrogen) atoms. The zero-order chi connectivity index (χ0) is 60.6. The largest absolute Gasteiger partial charge is 0.469 e. The van der Waals surface area contributed by atoms with Gasteiger partial charge in [0.1, 0.15) is 165 Å². The third-order valence-electron chi connectivity index (χ3n) is 14.8. The van der Waals surface area contributed by atoms with Crippen molar-refractivity contribution in [2.24, 2.45) is 5.73 Å². The van der Waals surface area contributed by atoms with Crippen molar-refractivity contribution in [1.29, 1.82) is 0 Å². The second-order valence-electron chi connectivity index (χ2n) is 20.3. The first-order chi connectivity index (χ1) is 38.6. The summed E-state index contributed by atoms with van der Waals surface area (Å²) in [6, 6.07) is -1.67. The maximum atomic E-state index is 11.8. The summed E-state index contributed by atoms with van der Waals surface area (Å²) in [4.78, 5) is 18.5. The smallest absolute Gasteiger partial charge is 0.394 e. The lowest BCUT2D eigenvalue weighted by Crippen LogP contribution is -2.68. The molecule has 35 atom stereocenters. The number of aliphatic hydroxyl groups excluding tert-OH is 21. The first-order valence-corrected chi connectivity index (χ1v) is 27.0. The normalized spacial score (nSPS) is 50.4. The molecule has 0 aromatic heterocycles. The van der Waals surface area contributed by atoms with Gasteiger partial charge in [-0.3, -0.25) is 4.52 Å². The molecule has 0 spiro atoms. The molecule has 0 bridgehead atoms. The number of nitrogens with two attached hydrogens (primary N) is 1. The van der Waals surface area contributed by atoms with Crippen LogP contribution in [0.4, 0.5) is 0 Å². The Balaban J connectivity index is 1.19. The quantitative estimate of drug-likeness (QED) is 0.0422. The van der Waals surface area contributed by atoms with Crippen molar-refractivity contribution < 1.29 is 188 Å². The molecule has 39 nitrogen and oxygen atoms in total. The van der Waals surface area contributed by atoms with Gasteiger partial charge in [0.2, 0.25) is 0 Å². The first-order valence-electron chi connectivity index (χ1n) is 25.5. The Bertz CT molecular complexity index is 2010. The standard InChI is InChI=1S/C42H74NO38P/c43-15-20(55)31(14(70-36(15)64)7-69-82(65,66)67)77-37-25(60)21(56)17(52)13(74-37)6-68-41-34(22(57)16(51)10(3-46)72-41)80-42-35(33(19(54)12(5-48)73-42)79-39-27(62)24(59)30(76-39)9(50)2-45)81-40-28(63)32(18(53)11(4-47)71-40)78-38-26(61)23(58)29(75-38)8(49)1-44/h8-42,44-64H,1-7,43H2,(H2,65,66,67)/t8-,9-,10-,11-,12-,13-,14-,15-,16-,17-,18-,19-,20-,21+,22+,23-,24-,25+,26-,27-,28+,29+,30+,31-,32+,33+,34+,35+,36?,37-,38+,39+,40-,41+,42-/m1/s1. The molecular weight excluding hydrogens is 1160 g/mol. The SMILES string of the molecule is N[C@H]1C(O)O[C@H](COP(=O)(O)O)[C@@H](O[C@H]2O[C@H](CO[C@H]3O[C@H](CO)[C@@H](O)[C@H](O)[C@@H]3O[C@H]3O[C@H](CO)[C@@H](O)[C@H](O[C@@H]4O[C@@H]([C@H](O)CO)[C@H](O)[C@H]4O)[C@@H]3O[C@H]3O[C@H](CO)[C@@H](O)[C@H](O[C@@H]4O[C@@H]([C@H](O)CO)[C@H](O)[C@H]4O)[C@@H]3O)[C@@H](O)[C@H](O)[C@@H]2O)[C@@H]1O.